The minimum Gasteiger partial charge on any atom is -0.481 e. The summed E-state index contributed by atoms with van der Waals surface area (Å²) in [6, 6.07) is 10.8. The summed E-state index contributed by atoms with van der Waals surface area (Å²) in [5, 5.41) is 21.9. The fourth-order valence-corrected chi connectivity index (χ4v) is 3.45. The fraction of sp³-hybridized carbons (Fsp3) is 0.167. The summed E-state index contributed by atoms with van der Waals surface area (Å²) in [5.74, 6) is -0.509. The van der Waals surface area contributed by atoms with Gasteiger partial charge in [0.2, 0.25) is 0 Å². The van der Waals surface area contributed by atoms with Crippen molar-refractivity contribution in [2.75, 3.05) is 6.61 Å². The topological polar surface area (TPSA) is 86.0 Å². The summed E-state index contributed by atoms with van der Waals surface area (Å²) in [5.41, 5.74) is -4.64. The third-order valence-corrected chi connectivity index (χ3v) is 5.37. The predicted octanol–water partition coefficient (Wildman–Crippen LogP) is 4.11. The first kappa shape index (κ1) is 25.1. The van der Waals surface area contributed by atoms with Gasteiger partial charge in [0.15, 0.2) is 5.60 Å². The molecule has 0 bridgehead atoms. The van der Waals surface area contributed by atoms with Crippen molar-refractivity contribution >= 4 is 11.6 Å². The van der Waals surface area contributed by atoms with Crippen molar-refractivity contribution in [3.05, 3.63) is 101 Å². The molecule has 0 amide bonds. The van der Waals surface area contributed by atoms with Crippen molar-refractivity contribution in [3.8, 4) is 17.6 Å². The molecule has 0 saturated heterocycles. The first-order valence-corrected chi connectivity index (χ1v) is 10.7. The average Bonchev–Trinajstić information content (AvgIpc) is 3.36. The molecule has 1 unspecified atom stereocenters. The Kier molecular flexibility index (Phi) is 7.19. The Morgan fingerprint density at radius 1 is 1.06 bits per heavy atom. The predicted molar refractivity (Wildman–Crippen MR) is 120 cm³/mol. The summed E-state index contributed by atoms with van der Waals surface area (Å²) >= 11 is 5.81. The van der Waals surface area contributed by atoms with Gasteiger partial charge in [-0.3, -0.25) is 4.98 Å². The summed E-state index contributed by atoms with van der Waals surface area (Å²) in [6.45, 7) is -0.921. The number of hydrogen-bond donors (Lipinski definition) is 1. The molecular weight excluding hydrogens is 502 g/mol. The zero-order valence-electron chi connectivity index (χ0n) is 18.2. The van der Waals surface area contributed by atoms with Crippen LogP contribution in [0, 0.1) is 23.5 Å². The number of nitrogens with zero attached hydrogens (tertiary/aromatic N) is 5. The molecule has 1 N–H and O–H groups in total. The minimum absolute atomic E-state index is 0.0229. The van der Waals surface area contributed by atoms with Gasteiger partial charge < -0.3 is 9.84 Å². The smallest absolute Gasteiger partial charge is 0.323 e. The van der Waals surface area contributed by atoms with Crippen molar-refractivity contribution in [1.82, 2.24) is 25.2 Å². The van der Waals surface area contributed by atoms with Crippen molar-refractivity contribution in [2.45, 2.75) is 18.1 Å². The number of alkyl halides is 2. The lowest BCUT2D eigenvalue weighted by Gasteiger charge is -2.35. The van der Waals surface area contributed by atoms with Crippen molar-refractivity contribution in [1.29, 1.82) is 0 Å². The van der Waals surface area contributed by atoms with Crippen molar-refractivity contribution in [2.24, 2.45) is 0 Å². The highest BCUT2D eigenvalue weighted by Crippen LogP contribution is 2.46. The van der Waals surface area contributed by atoms with E-state index in [1.165, 1.54) is 6.07 Å². The van der Waals surface area contributed by atoms with Crippen LogP contribution >= 0.6 is 11.6 Å². The van der Waals surface area contributed by atoms with E-state index >= 15 is 8.78 Å². The van der Waals surface area contributed by atoms with E-state index in [1.54, 1.807) is 24.3 Å². The Bertz CT molecular complexity index is 1390. The lowest BCUT2D eigenvalue weighted by molar-refractivity contribution is -0.207. The molecule has 0 aliphatic rings. The summed E-state index contributed by atoms with van der Waals surface area (Å²) in [4.78, 5) is 3.74. The molecule has 12 heteroatoms. The Balaban J connectivity index is 1.58. The molecule has 2 heterocycles. The fourth-order valence-electron chi connectivity index (χ4n) is 3.32. The van der Waals surface area contributed by atoms with E-state index in [-0.39, 0.29) is 6.61 Å². The molecule has 4 rings (SSSR count). The maximum atomic E-state index is 15.7. The van der Waals surface area contributed by atoms with Gasteiger partial charge in [0.25, 0.3) is 0 Å². The van der Waals surface area contributed by atoms with E-state index < -0.39 is 41.0 Å². The maximum absolute atomic E-state index is 15.7. The highest BCUT2D eigenvalue weighted by atomic mass is 35.5. The monoisotopic (exact) mass is 517 g/mol. The first-order chi connectivity index (χ1) is 17.2. The number of ether oxygens (including phenoxy) is 1. The molecular formula is C24H16ClF4N5O2. The Morgan fingerprint density at radius 2 is 1.83 bits per heavy atom. The van der Waals surface area contributed by atoms with E-state index in [0.29, 0.717) is 22.4 Å². The van der Waals surface area contributed by atoms with Gasteiger partial charge in [-0.25, -0.2) is 13.5 Å². The summed E-state index contributed by atoms with van der Waals surface area (Å²) < 4.78 is 65.6. The number of aromatic nitrogens is 5. The van der Waals surface area contributed by atoms with Gasteiger partial charge in [-0.05, 0) is 59.0 Å². The number of halogens is 5. The Morgan fingerprint density at radius 3 is 2.47 bits per heavy atom. The Labute approximate surface area is 207 Å². The van der Waals surface area contributed by atoms with Crippen LogP contribution in [-0.4, -0.2) is 36.9 Å². The highest BCUT2D eigenvalue weighted by Gasteiger charge is 2.57. The van der Waals surface area contributed by atoms with E-state index in [0.717, 1.165) is 35.4 Å². The van der Waals surface area contributed by atoms with Crippen LogP contribution in [0.5, 0.6) is 5.75 Å². The van der Waals surface area contributed by atoms with Crippen molar-refractivity contribution in [3.63, 3.8) is 0 Å². The quantitative estimate of drug-likeness (QED) is 0.293. The van der Waals surface area contributed by atoms with Crippen LogP contribution in [-0.2, 0) is 18.1 Å². The largest absolute Gasteiger partial charge is 0.481 e. The van der Waals surface area contributed by atoms with E-state index in [4.69, 9.17) is 16.3 Å². The van der Waals surface area contributed by atoms with E-state index in [9.17, 15) is 13.9 Å². The van der Waals surface area contributed by atoms with Gasteiger partial charge in [-0.15, -0.1) is 5.10 Å². The lowest BCUT2D eigenvalue weighted by atomic mass is 9.84. The van der Waals surface area contributed by atoms with Gasteiger partial charge in [0.05, 0.1) is 6.54 Å². The van der Waals surface area contributed by atoms with Crippen LogP contribution in [0.15, 0.2) is 67.1 Å². The molecule has 0 fully saturated rings. The number of pyridine rings is 1. The number of hydrogen-bond acceptors (Lipinski definition) is 6. The summed E-state index contributed by atoms with van der Waals surface area (Å²) in [6.07, 6.45) is 2.05. The first-order valence-electron chi connectivity index (χ1n) is 10.3. The van der Waals surface area contributed by atoms with Gasteiger partial charge in [0.1, 0.15) is 36.0 Å². The normalized spacial score (nSPS) is 12.9. The van der Waals surface area contributed by atoms with Gasteiger partial charge in [0, 0.05) is 28.4 Å². The average molecular weight is 518 g/mol. The third-order valence-electron chi connectivity index (χ3n) is 5.12. The van der Waals surface area contributed by atoms with Gasteiger partial charge in [-0.1, -0.05) is 23.4 Å². The molecule has 0 saturated carbocycles. The maximum Gasteiger partial charge on any atom is 0.323 e. The molecule has 36 heavy (non-hydrogen) atoms. The molecule has 7 nitrogen and oxygen atoms in total. The van der Waals surface area contributed by atoms with Crippen LogP contribution in [0.1, 0.15) is 16.8 Å². The molecule has 184 valence electrons. The van der Waals surface area contributed by atoms with Gasteiger partial charge >= 0.3 is 5.92 Å². The Hall–Kier alpha value is -4.01. The lowest BCUT2D eigenvalue weighted by Crippen LogP contribution is -2.48. The standard InChI is InChI=1S/C24H16ClF4N5O2/c25-17-4-7-19(8-5-17)36-11-1-2-16-3-10-22(30-13-16)24(28,29)23(35,14-34-15-31-32-33-34)20-9-6-18(26)12-21(20)27/h3-10,12-13,15,35H,11,14H2. The van der Waals surface area contributed by atoms with Crippen LogP contribution in [0.2, 0.25) is 5.02 Å². The molecule has 0 aliphatic heterocycles. The van der Waals surface area contributed by atoms with Crippen molar-refractivity contribution < 1.29 is 27.4 Å². The number of benzene rings is 2. The highest BCUT2D eigenvalue weighted by molar-refractivity contribution is 6.30. The SMILES string of the molecule is OC(Cn1cnnn1)(c1ccc(F)cc1F)C(F)(F)c1ccc(C#CCOc2ccc(Cl)cc2)cn1. The van der Waals surface area contributed by atoms with Crippen LogP contribution in [0.4, 0.5) is 17.6 Å². The zero-order valence-corrected chi connectivity index (χ0v) is 19.0. The molecule has 1 atom stereocenters. The zero-order chi connectivity index (χ0) is 25.8. The number of rotatable bonds is 7. The number of aliphatic hydroxyl groups is 1. The van der Waals surface area contributed by atoms with E-state index in [2.05, 4.69) is 32.4 Å². The summed E-state index contributed by atoms with van der Waals surface area (Å²) in [7, 11) is 0. The minimum atomic E-state index is -4.15. The molecule has 2 aromatic carbocycles. The van der Waals surface area contributed by atoms with Gasteiger partial charge in [-0.2, -0.15) is 8.78 Å². The molecule has 0 aliphatic carbocycles. The second-order valence-electron chi connectivity index (χ2n) is 7.54. The van der Waals surface area contributed by atoms with Crippen LogP contribution in [0.25, 0.3) is 0 Å². The molecule has 0 spiro atoms. The second kappa shape index (κ2) is 10.3. The molecule has 4 aromatic rings. The molecule has 2 aromatic heterocycles. The second-order valence-corrected chi connectivity index (χ2v) is 7.98. The third kappa shape index (κ3) is 5.30. The van der Waals surface area contributed by atoms with Crippen LogP contribution < -0.4 is 4.74 Å². The number of tetrazole rings is 1. The van der Waals surface area contributed by atoms with E-state index in [1.807, 2.05) is 0 Å². The molecule has 0 radical (unpaired) electrons. The van der Waals surface area contributed by atoms with Crippen LogP contribution in [0.3, 0.4) is 0 Å².